The minimum absolute atomic E-state index is 0.518. The van der Waals surface area contributed by atoms with E-state index < -0.39 is 0 Å². The van der Waals surface area contributed by atoms with Gasteiger partial charge in [0.05, 0.1) is 11.2 Å². The Bertz CT molecular complexity index is 532. The molecule has 1 atom stereocenters. The highest BCUT2D eigenvalue weighted by Gasteiger charge is 2.12. The monoisotopic (exact) mass is 260 g/mol. The van der Waals surface area contributed by atoms with Crippen LogP contribution in [-0.4, -0.2) is 34.8 Å². The van der Waals surface area contributed by atoms with Gasteiger partial charge < -0.3 is 10.6 Å². The lowest BCUT2D eigenvalue weighted by Gasteiger charge is -2.19. The average molecular weight is 260 g/mol. The molecule has 0 radical (unpaired) electrons. The van der Waals surface area contributed by atoms with Gasteiger partial charge in [0, 0.05) is 25.0 Å². The lowest BCUT2D eigenvalue weighted by atomic mass is 10.1. The smallest absolute Gasteiger partial charge is 0.0843 e. The van der Waals surface area contributed by atoms with Crippen molar-refractivity contribution >= 4 is 10.9 Å². The van der Waals surface area contributed by atoms with Crippen LogP contribution < -0.4 is 5.73 Å². The van der Waals surface area contributed by atoms with Gasteiger partial charge in [-0.1, -0.05) is 25.1 Å². The highest BCUT2D eigenvalue weighted by Crippen LogP contribution is 2.19. The molecule has 1 aromatic carbocycles. The Morgan fingerprint density at radius 3 is 2.79 bits per heavy atom. The second-order valence-electron chi connectivity index (χ2n) is 5.32. The zero-order valence-corrected chi connectivity index (χ0v) is 12.1. The Balaban J connectivity index is 2.21. The maximum absolute atomic E-state index is 5.68. The van der Waals surface area contributed by atoms with Crippen molar-refractivity contribution in [1.29, 1.82) is 0 Å². The van der Waals surface area contributed by atoms with Crippen molar-refractivity contribution in [1.82, 2.24) is 14.7 Å². The van der Waals surface area contributed by atoms with Gasteiger partial charge in [-0.05, 0) is 32.5 Å². The SMILES string of the molecule is CCn1nc(CN(C)CC(C)CN)c2ccccc21. The maximum Gasteiger partial charge on any atom is 0.0843 e. The summed E-state index contributed by atoms with van der Waals surface area (Å²) in [6.45, 7) is 7.82. The summed E-state index contributed by atoms with van der Waals surface area (Å²) in [4.78, 5) is 2.30. The molecule has 0 bridgehead atoms. The third kappa shape index (κ3) is 3.14. The molecule has 19 heavy (non-hydrogen) atoms. The van der Waals surface area contributed by atoms with Gasteiger partial charge in [0.15, 0.2) is 0 Å². The van der Waals surface area contributed by atoms with Crippen LogP contribution in [0.1, 0.15) is 19.5 Å². The quantitative estimate of drug-likeness (QED) is 0.865. The predicted molar refractivity (Wildman–Crippen MR) is 80.0 cm³/mol. The molecule has 1 unspecified atom stereocenters. The van der Waals surface area contributed by atoms with E-state index in [4.69, 9.17) is 10.8 Å². The average Bonchev–Trinajstić information content (AvgIpc) is 2.77. The Hall–Kier alpha value is -1.39. The summed E-state index contributed by atoms with van der Waals surface area (Å²) >= 11 is 0. The first-order valence-corrected chi connectivity index (χ1v) is 6.98. The molecule has 0 saturated carbocycles. The molecule has 2 rings (SSSR count). The topological polar surface area (TPSA) is 47.1 Å². The largest absolute Gasteiger partial charge is 0.330 e. The first-order chi connectivity index (χ1) is 9.15. The third-order valence-electron chi connectivity index (χ3n) is 3.48. The Kier molecular flexibility index (Phi) is 4.56. The molecule has 0 spiro atoms. The van der Waals surface area contributed by atoms with Gasteiger partial charge in [0.25, 0.3) is 0 Å². The second-order valence-corrected chi connectivity index (χ2v) is 5.32. The number of para-hydroxylation sites is 1. The molecule has 2 N–H and O–H groups in total. The molecule has 0 saturated heterocycles. The van der Waals surface area contributed by atoms with E-state index in [0.717, 1.165) is 31.9 Å². The molecular formula is C15H24N4. The Morgan fingerprint density at radius 2 is 2.11 bits per heavy atom. The summed E-state index contributed by atoms with van der Waals surface area (Å²) in [5.41, 5.74) is 8.06. The first kappa shape index (κ1) is 14.0. The van der Waals surface area contributed by atoms with E-state index in [2.05, 4.69) is 54.7 Å². The number of hydrogen-bond donors (Lipinski definition) is 1. The van der Waals surface area contributed by atoms with Crippen LogP contribution in [0.4, 0.5) is 0 Å². The fraction of sp³-hybridized carbons (Fsp3) is 0.533. The fourth-order valence-electron chi connectivity index (χ4n) is 2.48. The Morgan fingerprint density at radius 1 is 1.37 bits per heavy atom. The predicted octanol–water partition coefficient (Wildman–Crippen LogP) is 2.08. The highest BCUT2D eigenvalue weighted by atomic mass is 15.3. The lowest BCUT2D eigenvalue weighted by molar-refractivity contribution is 0.279. The summed E-state index contributed by atoms with van der Waals surface area (Å²) in [6.07, 6.45) is 0. The van der Waals surface area contributed by atoms with Crippen molar-refractivity contribution in [2.75, 3.05) is 20.1 Å². The lowest BCUT2D eigenvalue weighted by Crippen LogP contribution is -2.28. The normalized spacial score (nSPS) is 13.3. The maximum atomic E-state index is 5.68. The first-order valence-electron chi connectivity index (χ1n) is 6.98. The van der Waals surface area contributed by atoms with Gasteiger partial charge in [-0.25, -0.2) is 0 Å². The molecule has 0 aliphatic heterocycles. The molecular weight excluding hydrogens is 236 g/mol. The van der Waals surface area contributed by atoms with E-state index in [1.165, 1.54) is 10.9 Å². The number of aromatic nitrogens is 2. The minimum Gasteiger partial charge on any atom is -0.330 e. The van der Waals surface area contributed by atoms with Crippen LogP contribution in [0.3, 0.4) is 0 Å². The standard InChI is InChI=1S/C15H24N4/c1-4-19-15-8-6-5-7-13(15)14(17-19)11-18(3)10-12(2)9-16/h5-8,12H,4,9-11,16H2,1-3H3. The van der Waals surface area contributed by atoms with Crippen LogP contribution >= 0.6 is 0 Å². The molecule has 4 nitrogen and oxygen atoms in total. The summed E-state index contributed by atoms with van der Waals surface area (Å²) < 4.78 is 2.07. The number of nitrogens with zero attached hydrogens (tertiary/aromatic N) is 3. The number of fused-ring (bicyclic) bond motifs is 1. The van der Waals surface area contributed by atoms with E-state index in [1.54, 1.807) is 0 Å². The zero-order valence-electron chi connectivity index (χ0n) is 12.1. The Labute approximate surface area is 115 Å². The summed E-state index contributed by atoms with van der Waals surface area (Å²) in [5.74, 6) is 0.518. The van der Waals surface area contributed by atoms with Crippen LogP contribution in [0, 0.1) is 5.92 Å². The number of benzene rings is 1. The molecule has 0 aliphatic rings. The molecule has 4 heteroatoms. The van der Waals surface area contributed by atoms with Gasteiger partial charge in [-0.3, -0.25) is 4.68 Å². The van der Waals surface area contributed by atoms with E-state index in [1.807, 2.05) is 0 Å². The fourth-order valence-corrected chi connectivity index (χ4v) is 2.48. The van der Waals surface area contributed by atoms with Crippen molar-refractivity contribution in [3.63, 3.8) is 0 Å². The number of hydrogen-bond acceptors (Lipinski definition) is 3. The van der Waals surface area contributed by atoms with Crippen LogP contribution in [0.5, 0.6) is 0 Å². The van der Waals surface area contributed by atoms with Gasteiger partial charge >= 0.3 is 0 Å². The van der Waals surface area contributed by atoms with E-state index >= 15 is 0 Å². The third-order valence-corrected chi connectivity index (χ3v) is 3.48. The van der Waals surface area contributed by atoms with E-state index in [9.17, 15) is 0 Å². The summed E-state index contributed by atoms with van der Waals surface area (Å²) in [7, 11) is 2.13. The van der Waals surface area contributed by atoms with Gasteiger partial charge in [0.2, 0.25) is 0 Å². The van der Waals surface area contributed by atoms with Crippen molar-refractivity contribution < 1.29 is 0 Å². The molecule has 0 aliphatic carbocycles. The number of rotatable bonds is 6. The van der Waals surface area contributed by atoms with Gasteiger partial charge in [0.1, 0.15) is 0 Å². The summed E-state index contributed by atoms with van der Waals surface area (Å²) in [6, 6.07) is 8.44. The zero-order chi connectivity index (χ0) is 13.8. The van der Waals surface area contributed by atoms with Crippen LogP contribution in [0.15, 0.2) is 24.3 Å². The minimum atomic E-state index is 0.518. The van der Waals surface area contributed by atoms with Crippen molar-refractivity contribution in [3.05, 3.63) is 30.0 Å². The van der Waals surface area contributed by atoms with Crippen molar-refractivity contribution in [2.24, 2.45) is 11.7 Å². The molecule has 2 aromatic rings. The number of aryl methyl sites for hydroxylation is 1. The van der Waals surface area contributed by atoms with Crippen LogP contribution in [0.25, 0.3) is 10.9 Å². The summed E-state index contributed by atoms with van der Waals surface area (Å²) in [5, 5.41) is 5.99. The molecule has 104 valence electrons. The molecule has 1 heterocycles. The van der Waals surface area contributed by atoms with Crippen LogP contribution in [0.2, 0.25) is 0 Å². The van der Waals surface area contributed by atoms with Crippen LogP contribution in [-0.2, 0) is 13.1 Å². The molecule has 0 fully saturated rings. The molecule has 0 amide bonds. The van der Waals surface area contributed by atoms with Crippen molar-refractivity contribution in [2.45, 2.75) is 26.9 Å². The second kappa shape index (κ2) is 6.17. The van der Waals surface area contributed by atoms with Gasteiger partial charge in [-0.2, -0.15) is 5.10 Å². The van der Waals surface area contributed by atoms with E-state index in [0.29, 0.717) is 5.92 Å². The highest BCUT2D eigenvalue weighted by molar-refractivity contribution is 5.81. The molecule has 1 aromatic heterocycles. The number of nitrogens with two attached hydrogens (primary N) is 1. The van der Waals surface area contributed by atoms with E-state index in [-0.39, 0.29) is 0 Å². The van der Waals surface area contributed by atoms with Crippen molar-refractivity contribution in [3.8, 4) is 0 Å². The van der Waals surface area contributed by atoms with Gasteiger partial charge in [-0.15, -0.1) is 0 Å².